The zero-order valence-electron chi connectivity index (χ0n) is 18.6. The molecule has 1 spiro atoms. The lowest BCUT2D eigenvalue weighted by Gasteiger charge is -2.51. The third kappa shape index (κ3) is 4.32. The molecule has 3 saturated heterocycles. The number of alkyl carbamates (subject to hydrolysis) is 1. The molecule has 3 atom stereocenters. The van der Waals surface area contributed by atoms with Crippen molar-refractivity contribution < 1.29 is 34.1 Å². The van der Waals surface area contributed by atoms with Gasteiger partial charge in [0.15, 0.2) is 17.6 Å². The van der Waals surface area contributed by atoms with Crippen molar-refractivity contribution in [2.75, 3.05) is 32.8 Å². The van der Waals surface area contributed by atoms with E-state index in [1.807, 2.05) is 0 Å². The Hall–Kier alpha value is -3.92. The number of aliphatic hydroxyl groups is 2. The molecule has 0 aliphatic carbocycles. The van der Waals surface area contributed by atoms with Crippen molar-refractivity contribution in [2.45, 2.75) is 36.4 Å². The normalized spacial score (nSPS) is 28.2. The summed E-state index contributed by atoms with van der Waals surface area (Å²) >= 11 is 0. The van der Waals surface area contributed by atoms with Gasteiger partial charge in [0, 0.05) is 51.2 Å². The number of nitrogens with zero attached hydrogens (tertiary/aromatic N) is 2. The maximum Gasteiger partial charge on any atom is 0.407 e. The Morgan fingerprint density at radius 2 is 1.83 bits per heavy atom. The van der Waals surface area contributed by atoms with Gasteiger partial charge in [0.2, 0.25) is 11.7 Å². The van der Waals surface area contributed by atoms with Crippen LogP contribution in [-0.4, -0.2) is 112 Å². The highest BCUT2D eigenvalue weighted by Crippen LogP contribution is 2.42. The maximum absolute atomic E-state index is 12.1. The van der Waals surface area contributed by atoms with Gasteiger partial charge in [-0.3, -0.25) is 30.1 Å². The second-order valence-electron chi connectivity index (χ2n) is 8.49. The minimum absolute atomic E-state index is 0.0429. The molecular weight excluding hydrogens is 466 g/mol. The van der Waals surface area contributed by atoms with E-state index >= 15 is 0 Å². The van der Waals surface area contributed by atoms with Crippen molar-refractivity contribution in [1.29, 1.82) is 10.8 Å². The van der Waals surface area contributed by atoms with Crippen LogP contribution in [0.5, 0.6) is 0 Å². The van der Waals surface area contributed by atoms with E-state index in [0.29, 0.717) is 0 Å². The molecule has 9 N–H and O–H groups in total. The SMILES string of the molecule is N=C1N[C@H]2[C@H](COC(=O)NCCNC(=O)CCN3C(=O)C=CC3=O)NC(=N)N3CCC(O)(O)[C@]23N1. The number of guanidine groups is 2. The van der Waals surface area contributed by atoms with E-state index in [2.05, 4.69) is 26.6 Å². The van der Waals surface area contributed by atoms with E-state index < -0.39 is 47.3 Å². The van der Waals surface area contributed by atoms with Crippen molar-refractivity contribution in [2.24, 2.45) is 0 Å². The first-order chi connectivity index (χ1) is 16.5. The Balaban J connectivity index is 1.19. The lowest BCUT2D eigenvalue weighted by molar-refractivity contribution is -0.223. The fraction of sp³-hybridized carbons (Fsp3) is 0.579. The summed E-state index contributed by atoms with van der Waals surface area (Å²) in [5, 5.41) is 50.7. The maximum atomic E-state index is 12.1. The molecule has 4 amide bonds. The Morgan fingerprint density at radius 3 is 2.54 bits per heavy atom. The molecular formula is C19H27N9O7. The van der Waals surface area contributed by atoms with Crippen molar-refractivity contribution in [3.8, 4) is 0 Å². The fourth-order valence-corrected chi connectivity index (χ4v) is 4.69. The molecule has 0 aromatic rings. The van der Waals surface area contributed by atoms with E-state index in [-0.39, 0.29) is 57.5 Å². The summed E-state index contributed by atoms with van der Waals surface area (Å²) in [6, 6.07) is -1.54. The van der Waals surface area contributed by atoms with Crippen LogP contribution in [0.3, 0.4) is 0 Å². The Morgan fingerprint density at radius 1 is 1.14 bits per heavy atom. The van der Waals surface area contributed by atoms with Gasteiger partial charge in [-0.2, -0.15) is 0 Å². The zero-order chi connectivity index (χ0) is 25.4. The third-order valence-corrected chi connectivity index (χ3v) is 6.35. The molecule has 35 heavy (non-hydrogen) atoms. The fourth-order valence-electron chi connectivity index (χ4n) is 4.69. The average Bonchev–Trinajstić information content (AvgIpc) is 3.41. The second-order valence-corrected chi connectivity index (χ2v) is 8.49. The molecule has 0 bridgehead atoms. The van der Waals surface area contributed by atoms with Gasteiger partial charge in [0.1, 0.15) is 6.61 Å². The zero-order valence-corrected chi connectivity index (χ0v) is 18.6. The first-order valence-corrected chi connectivity index (χ1v) is 11.0. The average molecular weight is 493 g/mol. The molecule has 0 saturated carbocycles. The lowest BCUT2D eigenvalue weighted by Crippen LogP contribution is -2.80. The number of nitrogens with one attached hydrogen (secondary N) is 7. The van der Waals surface area contributed by atoms with E-state index in [9.17, 15) is 29.4 Å². The largest absolute Gasteiger partial charge is 0.447 e. The van der Waals surface area contributed by atoms with Crippen molar-refractivity contribution in [1.82, 2.24) is 36.4 Å². The Kier molecular flexibility index (Phi) is 6.25. The molecule has 16 heteroatoms. The Bertz CT molecular complexity index is 981. The van der Waals surface area contributed by atoms with E-state index in [4.69, 9.17) is 15.6 Å². The summed E-state index contributed by atoms with van der Waals surface area (Å²) in [4.78, 5) is 49.2. The predicted molar refractivity (Wildman–Crippen MR) is 116 cm³/mol. The number of hydrogen-bond acceptors (Lipinski definition) is 9. The summed E-state index contributed by atoms with van der Waals surface area (Å²) in [6.07, 6.45) is 1.36. The minimum Gasteiger partial charge on any atom is -0.447 e. The number of carbonyl (C=O) groups excluding carboxylic acids is 4. The summed E-state index contributed by atoms with van der Waals surface area (Å²) in [5.41, 5.74) is -1.55. The van der Waals surface area contributed by atoms with Gasteiger partial charge in [0.05, 0.1) is 12.1 Å². The molecule has 3 fully saturated rings. The van der Waals surface area contributed by atoms with Crippen LogP contribution in [-0.2, 0) is 19.1 Å². The number of ether oxygens (including phenoxy) is 1. The predicted octanol–water partition coefficient (Wildman–Crippen LogP) is -4.37. The van der Waals surface area contributed by atoms with Crippen LogP contribution in [0.25, 0.3) is 0 Å². The molecule has 190 valence electrons. The molecule has 4 rings (SSSR count). The second kappa shape index (κ2) is 9.03. The molecule has 0 aromatic heterocycles. The third-order valence-electron chi connectivity index (χ3n) is 6.35. The lowest BCUT2D eigenvalue weighted by atomic mass is 9.86. The van der Waals surface area contributed by atoms with Crippen LogP contribution in [0.2, 0.25) is 0 Å². The van der Waals surface area contributed by atoms with Gasteiger partial charge in [-0.15, -0.1) is 0 Å². The highest BCUT2D eigenvalue weighted by Gasteiger charge is 2.70. The van der Waals surface area contributed by atoms with E-state index in [1.54, 1.807) is 0 Å². The molecule has 0 aromatic carbocycles. The van der Waals surface area contributed by atoms with E-state index in [0.717, 1.165) is 17.1 Å². The molecule has 0 radical (unpaired) electrons. The highest BCUT2D eigenvalue weighted by molar-refractivity contribution is 6.13. The topological polar surface area (TPSA) is 232 Å². The Labute approximate surface area is 199 Å². The van der Waals surface area contributed by atoms with Gasteiger partial charge < -0.3 is 46.4 Å². The number of hydrogen-bond donors (Lipinski definition) is 9. The van der Waals surface area contributed by atoms with Crippen LogP contribution in [0.4, 0.5) is 4.79 Å². The van der Waals surface area contributed by atoms with Gasteiger partial charge in [-0.1, -0.05) is 0 Å². The first kappa shape index (κ1) is 24.2. The summed E-state index contributed by atoms with van der Waals surface area (Å²) in [6.45, 7) is 0.0209. The first-order valence-electron chi connectivity index (χ1n) is 11.0. The van der Waals surface area contributed by atoms with Crippen LogP contribution >= 0.6 is 0 Å². The van der Waals surface area contributed by atoms with Gasteiger partial charge in [-0.05, 0) is 0 Å². The van der Waals surface area contributed by atoms with Gasteiger partial charge in [-0.25, -0.2) is 4.79 Å². The van der Waals surface area contributed by atoms with Gasteiger partial charge in [0.25, 0.3) is 11.8 Å². The van der Waals surface area contributed by atoms with Crippen molar-refractivity contribution in [3.05, 3.63) is 12.2 Å². The number of amides is 4. The standard InChI is InChI=1S/C19H27N9O7/c20-15-25-14-10(24-16(21)28-8-4-18(33,34)19(14,28)26-15)9-35-17(32)23-6-5-22-11(29)3-7-27-12(30)1-2-13(27)31/h1-2,10,14,33-34H,3-9H2,(H2,21,24)(H,22,29)(H,23,32)(H3,20,25,26)/t10-,14-,19-/m0/s1. The molecule has 4 heterocycles. The smallest absolute Gasteiger partial charge is 0.407 e. The number of imide groups is 1. The van der Waals surface area contributed by atoms with Gasteiger partial charge >= 0.3 is 6.09 Å². The van der Waals surface area contributed by atoms with E-state index in [1.165, 1.54) is 4.90 Å². The van der Waals surface area contributed by atoms with Crippen LogP contribution in [0.15, 0.2) is 12.2 Å². The summed E-state index contributed by atoms with van der Waals surface area (Å²) in [5.74, 6) is -3.81. The monoisotopic (exact) mass is 493 g/mol. The molecule has 16 nitrogen and oxygen atoms in total. The molecule has 4 aliphatic rings. The summed E-state index contributed by atoms with van der Waals surface area (Å²) in [7, 11) is 0. The van der Waals surface area contributed by atoms with Crippen molar-refractivity contribution in [3.63, 3.8) is 0 Å². The quantitative estimate of drug-likeness (QED) is 0.0890. The highest BCUT2D eigenvalue weighted by atomic mass is 16.5. The summed E-state index contributed by atoms with van der Waals surface area (Å²) < 4.78 is 5.20. The minimum atomic E-state index is -2.23. The molecule has 0 unspecified atom stereocenters. The van der Waals surface area contributed by atoms with Crippen molar-refractivity contribution >= 4 is 35.7 Å². The molecule has 4 aliphatic heterocycles. The number of rotatable bonds is 8. The van der Waals surface area contributed by atoms with Crippen LogP contribution in [0, 0.1) is 10.8 Å². The number of carbonyl (C=O) groups is 4. The van der Waals surface area contributed by atoms with Crippen LogP contribution < -0.4 is 26.6 Å². The van der Waals surface area contributed by atoms with Crippen LogP contribution in [0.1, 0.15) is 12.8 Å².